The maximum absolute atomic E-state index is 12.0. The maximum atomic E-state index is 12.0. The molecule has 7 nitrogen and oxygen atoms in total. The molecule has 1 aromatic carbocycles. The number of carbonyl (C=O) groups excluding carboxylic acids is 2. The van der Waals surface area contributed by atoms with E-state index in [4.69, 9.17) is 4.74 Å². The predicted molar refractivity (Wildman–Crippen MR) is 106 cm³/mol. The summed E-state index contributed by atoms with van der Waals surface area (Å²) in [5.41, 5.74) is 1.12. The van der Waals surface area contributed by atoms with Gasteiger partial charge in [-0.05, 0) is 24.8 Å². The van der Waals surface area contributed by atoms with Crippen molar-refractivity contribution in [3.63, 3.8) is 0 Å². The summed E-state index contributed by atoms with van der Waals surface area (Å²) in [5.74, 6) is 0.114. The molecule has 9 heteroatoms. The first-order valence-corrected chi connectivity index (χ1v) is 10.7. The lowest BCUT2D eigenvalue weighted by Gasteiger charge is -2.09. The van der Waals surface area contributed by atoms with Gasteiger partial charge in [0.15, 0.2) is 4.34 Å². The summed E-state index contributed by atoms with van der Waals surface area (Å²) in [6, 6.07) is 9.86. The molecule has 0 radical (unpaired) electrons. The first kappa shape index (κ1) is 19.8. The molecule has 27 heavy (non-hydrogen) atoms. The lowest BCUT2D eigenvalue weighted by atomic mass is 10.1. The zero-order valence-electron chi connectivity index (χ0n) is 14.8. The van der Waals surface area contributed by atoms with Crippen LogP contribution >= 0.6 is 23.1 Å². The van der Waals surface area contributed by atoms with Crippen molar-refractivity contribution in [1.29, 1.82) is 0 Å². The van der Waals surface area contributed by atoms with Crippen LogP contribution in [0.3, 0.4) is 0 Å². The number of carbonyl (C=O) groups is 2. The zero-order chi connectivity index (χ0) is 18.9. The molecule has 2 heterocycles. The summed E-state index contributed by atoms with van der Waals surface area (Å²) in [4.78, 5) is 23.9. The van der Waals surface area contributed by atoms with E-state index in [9.17, 15) is 9.59 Å². The number of ether oxygens (including phenoxy) is 1. The van der Waals surface area contributed by atoms with E-state index in [1.807, 2.05) is 30.3 Å². The summed E-state index contributed by atoms with van der Waals surface area (Å²) in [5, 5.41) is 14.1. The summed E-state index contributed by atoms with van der Waals surface area (Å²) in [6.45, 7) is 1.33. The monoisotopic (exact) mass is 406 g/mol. The summed E-state index contributed by atoms with van der Waals surface area (Å²) in [6.07, 6.45) is 3.26. The molecular formula is C18H22N4O3S2. The molecule has 144 valence electrons. The number of thioether (sulfide) groups is 1. The highest BCUT2D eigenvalue weighted by molar-refractivity contribution is 8.01. The van der Waals surface area contributed by atoms with Crippen molar-refractivity contribution in [2.75, 3.05) is 24.2 Å². The van der Waals surface area contributed by atoms with Crippen molar-refractivity contribution in [2.24, 2.45) is 0 Å². The van der Waals surface area contributed by atoms with E-state index in [1.54, 1.807) is 0 Å². The van der Waals surface area contributed by atoms with Crippen LogP contribution in [0.5, 0.6) is 0 Å². The van der Waals surface area contributed by atoms with Gasteiger partial charge in [-0.15, -0.1) is 10.2 Å². The Morgan fingerprint density at radius 3 is 2.85 bits per heavy atom. The average molecular weight is 407 g/mol. The van der Waals surface area contributed by atoms with Crippen molar-refractivity contribution in [1.82, 2.24) is 15.5 Å². The minimum absolute atomic E-state index is 0.0563. The van der Waals surface area contributed by atoms with Crippen LogP contribution in [0.15, 0.2) is 34.7 Å². The van der Waals surface area contributed by atoms with Crippen LogP contribution in [0, 0.1) is 0 Å². The molecule has 1 saturated heterocycles. The molecule has 0 spiro atoms. The summed E-state index contributed by atoms with van der Waals surface area (Å²) >= 11 is 2.58. The Bertz CT molecular complexity index is 748. The highest BCUT2D eigenvalue weighted by Crippen LogP contribution is 2.25. The second kappa shape index (κ2) is 10.4. The van der Waals surface area contributed by atoms with Crippen LogP contribution in [0.25, 0.3) is 0 Å². The van der Waals surface area contributed by atoms with E-state index >= 15 is 0 Å². The molecule has 1 atom stereocenters. The molecule has 0 bridgehead atoms. The third-order valence-electron chi connectivity index (χ3n) is 4.01. The number of anilines is 1. The highest BCUT2D eigenvalue weighted by atomic mass is 32.2. The first-order chi connectivity index (χ1) is 13.2. The Kier molecular flexibility index (Phi) is 7.61. The smallest absolute Gasteiger partial charge is 0.230 e. The van der Waals surface area contributed by atoms with Gasteiger partial charge in [0.1, 0.15) is 0 Å². The Balaban J connectivity index is 1.35. The predicted octanol–water partition coefficient (Wildman–Crippen LogP) is 2.50. The van der Waals surface area contributed by atoms with Crippen LogP contribution in [0.4, 0.5) is 5.13 Å². The fourth-order valence-corrected chi connectivity index (χ4v) is 4.21. The second-order valence-electron chi connectivity index (χ2n) is 6.13. The normalized spacial score (nSPS) is 16.2. The molecule has 1 aliphatic heterocycles. The van der Waals surface area contributed by atoms with E-state index in [0.29, 0.717) is 28.9 Å². The van der Waals surface area contributed by atoms with Gasteiger partial charge < -0.3 is 15.4 Å². The molecule has 0 unspecified atom stereocenters. The second-order valence-corrected chi connectivity index (χ2v) is 8.33. The van der Waals surface area contributed by atoms with E-state index in [1.165, 1.54) is 23.1 Å². The number of rotatable bonds is 9. The number of hydrogen-bond acceptors (Lipinski definition) is 7. The molecular weight excluding hydrogens is 384 g/mol. The average Bonchev–Trinajstić information content (AvgIpc) is 3.36. The van der Waals surface area contributed by atoms with Gasteiger partial charge in [-0.1, -0.05) is 53.4 Å². The molecule has 1 aliphatic rings. The molecule has 0 saturated carbocycles. The van der Waals surface area contributed by atoms with Gasteiger partial charge in [0, 0.05) is 19.6 Å². The minimum atomic E-state index is -0.0964. The minimum Gasteiger partial charge on any atom is -0.376 e. The van der Waals surface area contributed by atoms with Crippen molar-refractivity contribution in [2.45, 2.75) is 36.1 Å². The van der Waals surface area contributed by atoms with Crippen LogP contribution in [-0.2, 0) is 20.7 Å². The number of hydrogen-bond donors (Lipinski definition) is 2. The lowest BCUT2D eigenvalue weighted by Crippen LogP contribution is -2.32. The van der Waals surface area contributed by atoms with Gasteiger partial charge in [0.05, 0.1) is 11.9 Å². The standard InChI is InChI=1S/C18H22N4O3S2/c23-15(9-8-13-5-2-1-3-6-13)20-17-21-22-18(27-17)26-12-16(24)19-11-14-7-4-10-25-14/h1-3,5-6,14H,4,7-12H2,(H,19,24)(H,20,21,23)/t14-/m0/s1. The van der Waals surface area contributed by atoms with E-state index < -0.39 is 0 Å². The Hall–Kier alpha value is -1.97. The van der Waals surface area contributed by atoms with E-state index in [0.717, 1.165) is 25.0 Å². The molecule has 1 aromatic heterocycles. The van der Waals surface area contributed by atoms with Crippen molar-refractivity contribution in [3.8, 4) is 0 Å². The maximum Gasteiger partial charge on any atom is 0.230 e. The lowest BCUT2D eigenvalue weighted by molar-refractivity contribution is -0.119. The Labute approximate surface area is 166 Å². The van der Waals surface area contributed by atoms with Gasteiger partial charge in [0.2, 0.25) is 16.9 Å². The highest BCUT2D eigenvalue weighted by Gasteiger charge is 2.16. The first-order valence-electron chi connectivity index (χ1n) is 8.87. The van der Waals surface area contributed by atoms with Gasteiger partial charge in [-0.2, -0.15) is 0 Å². The van der Waals surface area contributed by atoms with Gasteiger partial charge in [0.25, 0.3) is 0 Å². The van der Waals surface area contributed by atoms with Gasteiger partial charge in [-0.25, -0.2) is 0 Å². The molecule has 0 aliphatic carbocycles. The molecule has 1 fully saturated rings. The largest absolute Gasteiger partial charge is 0.376 e. The van der Waals surface area contributed by atoms with Gasteiger partial charge >= 0.3 is 0 Å². The Morgan fingerprint density at radius 1 is 1.22 bits per heavy atom. The zero-order valence-corrected chi connectivity index (χ0v) is 16.5. The Morgan fingerprint density at radius 2 is 2.07 bits per heavy atom. The van der Waals surface area contributed by atoms with E-state index in [-0.39, 0.29) is 23.7 Å². The quantitative estimate of drug-likeness (QED) is 0.491. The molecule has 2 amide bonds. The van der Waals surface area contributed by atoms with Crippen LogP contribution in [-0.4, -0.2) is 47.0 Å². The van der Waals surface area contributed by atoms with Crippen LogP contribution in [0.1, 0.15) is 24.8 Å². The fourth-order valence-electron chi connectivity index (χ4n) is 2.61. The number of benzene rings is 1. The number of nitrogens with zero attached hydrogens (tertiary/aromatic N) is 2. The number of amides is 2. The van der Waals surface area contributed by atoms with Crippen molar-refractivity contribution < 1.29 is 14.3 Å². The number of aromatic nitrogens is 2. The number of nitrogens with one attached hydrogen (secondary N) is 2. The molecule has 2 aromatic rings. The molecule has 2 N–H and O–H groups in total. The van der Waals surface area contributed by atoms with Crippen LogP contribution in [0.2, 0.25) is 0 Å². The summed E-state index contributed by atoms with van der Waals surface area (Å²) < 4.78 is 6.13. The third-order valence-corrected chi connectivity index (χ3v) is 5.99. The van der Waals surface area contributed by atoms with E-state index in [2.05, 4.69) is 20.8 Å². The summed E-state index contributed by atoms with van der Waals surface area (Å²) in [7, 11) is 0. The van der Waals surface area contributed by atoms with Crippen molar-refractivity contribution in [3.05, 3.63) is 35.9 Å². The molecule has 3 rings (SSSR count). The van der Waals surface area contributed by atoms with Gasteiger partial charge in [-0.3, -0.25) is 9.59 Å². The number of aryl methyl sites for hydroxylation is 1. The van der Waals surface area contributed by atoms with Crippen molar-refractivity contribution >= 4 is 40.0 Å². The third kappa shape index (κ3) is 6.93. The van der Waals surface area contributed by atoms with Crippen LogP contribution < -0.4 is 10.6 Å². The fraction of sp³-hybridized carbons (Fsp3) is 0.444. The SMILES string of the molecule is O=C(CSc1nnc(NC(=O)CCc2ccccc2)s1)NC[C@@H]1CCCO1. The topological polar surface area (TPSA) is 93.2 Å².